The number of thiophene rings is 1. The van der Waals surface area contributed by atoms with Crippen LogP contribution in [0.15, 0.2) is 10.8 Å². The lowest BCUT2D eigenvalue weighted by atomic mass is 10.2. The molecule has 0 aromatic carbocycles. The van der Waals surface area contributed by atoms with E-state index in [1.165, 1.54) is 5.38 Å². The first-order valence-corrected chi connectivity index (χ1v) is 4.21. The molecule has 11 heavy (non-hydrogen) atoms. The molecule has 0 spiro atoms. The third-order valence-corrected chi connectivity index (χ3v) is 2.27. The van der Waals surface area contributed by atoms with E-state index in [0.29, 0.717) is 0 Å². The monoisotopic (exact) mass is 200 g/mol. The summed E-state index contributed by atoms with van der Waals surface area (Å²) in [5.41, 5.74) is -0.457. The van der Waals surface area contributed by atoms with Crippen LogP contribution < -0.4 is 0 Å². The average Bonchev–Trinajstić information content (AvgIpc) is 2.31. The highest BCUT2D eigenvalue weighted by molar-refractivity contribution is 7.08. The molecule has 0 saturated carbocycles. The van der Waals surface area contributed by atoms with E-state index in [1.807, 2.05) is 0 Å². The quantitative estimate of drug-likeness (QED) is 0.609. The van der Waals surface area contributed by atoms with Gasteiger partial charge in [-0.15, -0.1) is 11.6 Å². The van der Waals surface area contributed by atoms with Crippen molar-refractivity contribution in [3.8, 4) is 0 Å². The second-order valence-electron chi connectivity index (χ2n) is 1.94. The molecule has 0 aliphatic heterocycles. The van der Waals surface area contributed by atoms with Crippen LogP contribution in [0.4, 0.5) is 13.2 Å². The van der Waals surface area contributed by atoms with Gasteiger partial charge in [0.2, 0.25) is 0 Å². The summed E-state index contributed by atoms with van der Waals surface area (Å²) in [6.07, 6.45) is -4.26. The molecule has 0 nitrogen and oxygen atoms in total. The highest BCUT2D eigenvalue weighted by Crippen LogP contribution is 2.34. The molecule has 1 aromatic heterocycles. The van der Waals surface area contributed by atoms with E-state index in [4.69, 9.17) is 11.6 Å². The van der Waals surface area contributed by atoms with Gasteiger partial charge in [-0.25, -0.2) is 0 Å². The summed E-state index contributed by atoms with van der Waals surface area (Å²) in [6, 6.07) is 0. The van der Waals surface area contributed by atoms with E-state index in [-0.39, 0.29) is 11.4 Å². The zero-order chi connectivity index (χ0) is 8.48. The molecule has 1 rings (SSSR count). The molecule has 5 heteroatoms. The van der Waals surface area contributed by atoms with Gasteiger partial charge in [0.1, 0.15) is 0 Å². The van der Waals surface area contributed by atoms with Crippen LogP contribution in [0.3, 0.4) is 0 Å². The largest absolute Gasteiger partial charge is 0.417 e. The van der Waals surface area contributed by atoms with Gasteiger partial charge in [0.25, 0.3) is 0 Å². The number of hydrogen-bond donors (Lipinski definition) is 0. The van der Waals surface area contributed by atoms with E-state index >= 15 is 0 Å². The predicted molar refractivity (Wildman–Crippen MR) is 38.9 cm³/mol. The predicted octanol–water partition coefficient (Wildman–Crippen LogP) is 3.51. The molecule has 0 N–H and O–H groups in total. The lowest BCUT2D eigenvalue weighted by molar-refractivity contribution is -0.137. The third kappa shape index (κ3) is 1.87. The van der Waals surface area contributed by atoms with Crippen LogP contribution in [0, 0.1) is 0 Å². The number of hydrogen-bond acceptors (Lipinski definition) is 1. The number of halogens is 4. The number of rotatable bonds is 1. The fourth-order valence-corrected chi connectivity index (χ4v) is 1.85. The average molecular weight is 201 g/mol. The van der Waals surface area contributed by atoms with E-state index in [9.17, 15) is 13.2 Å². The van der Waals surface area contributed by atoms with E-state index in [1.54, 1.807) is 0 Å². The van der Waals surface area contributed by atoms with Crippen LogP contribution in [0.1, 0.15) is 11.1 Å². The molecule has 62 valence electrons. The van der Waals surface area contributed by atoms with Gasteiger partial charge in [0.05, 0.1) is 5.56 Å². The Bertz CT molecular complexity index is 240. The van der Waals surface area contributed by atoms with E-state index in [0.717, 1.165) is 16.7 Å². The van der Waals surface area contributed by atoms with Crippen LogP contribution in [-0.2, 0) is 12.1 Å². The molecular weight excluding hydrogens is 197 g/mol. The van der Waals surface area contributed by atoms with E-state index < -0.39 is 11.7 Å². The Labute approximate surface area is 70.6 Å². The van der Waals surface area contributed by atoms with Crippen molar-refractivity contribution < 1.29 is 13.2 Å². The van der Waals surface area contributed by atoms with Crippen molar-refractivity contribution in [2.75, 3.05) is 0 Å². The van der Waals surface area contributed by atoms with Gasteiger partial charge < -0.3 is 0 Å². The van der Waals surface area contributed by atoms with Gasteiger partial charge >= 0.3 is 6.18 Å². The molecule has 0 aliphatic carbocycles. The Morgan fingerprint density at radius 1 is 1.36 bits per heavy atom. The Morgan fingerprint density at radius 2 is 2.00 bits per heavy atom. The number of alkyl halides is 4. The molecule has 1 aromatic rings. The maximum absolute atomic E-state index is 12.0. The van der Waals surface area contributed by atoms with Crippen molar-refractivity contribution >= 4 is 22.9 Å². The molecule has 0 amide bonds. The fraction of sp³-hybridized carbons (Fsp3) is 0.333. The van der Waals surface area contributed by atoms with Gasteiger partial charge in [0, 0.05) is 11.3 Å². The Balaban J connectivity index is 3.02. The molecular formula is C6H4ClF3S. The topological polar surface area (TPSA) is 0 Å². The van der Waals surface area contributed by atoms with Gasteiger partial charge in [-0.2, -0.15) is 24.5 Å². The maximum atomic E-state index is 12.0. The minimum Gasteiger partial charge on any atom is -0.166 e. The molecule has 0 fully saturated rings. The van der Waals surface area contributed by atoms with Crippen LogP contribution in [0.2, 0.25) is 0 Å². The summed E-state index contributed by atoms with van der Waals surface area (Å²) >= 11 is 6.30. The molecule has 0 saturated heterocycles. The van der Waals surface area contributed by atoms with Crippen LogP contribution in [0.5, 0.6) is 0 Å². The molecule has 0 atom stereocenters. The van der Waals surface area contributed by atoms with Gasteiger partial charge in [-0.05, 0) is 10.9 Å². The molecule has 0 bridgehead atoms. The summed E-state index contributed by atoms with van der Waals surface area (Å²) < 4.78 is 36.1. The van der Waals surface area contributed by atoms with Crippen LogP contribution in [-0.4, -0.2) is 0 Å². The summed E-state index contributed by atoms with van der Waals surface area (Å²) in [4.78, 5) is 0. The molecule has 0 radical (unpaired) electrons. The summed E-state index contributed by atoms with van der Waals surface area (Å²) in [7, 11) is 0. The third-order valence-electron chi connectivity index (χ3n) is 1.19. The maximum Gasteiger partial charge on any atom is 0.417 e. The van der Waals surface area contributed by atoms with Gasteiger partial charge in [-0.1, -0.05) is 0 Å². The SMILES string of the molecule is FC(F)(F)c1cscc1CCl. The zero-order valence-corrected chi connectivity index (χ0v) is 6.85. The molecule has 1 heterocycles. The fourth-order valence-electron chi connectivity index (χ4n) is 0.676. The lowest BCUT2D eigenvalue weighted by Crippen LogP contribution is -2.05. The van der Waals surface area contributed by atoms with Gasteiger partial charge in [-0.3, -0.25) is 0 Å². The summed E-state index contributed by atoms with van der Waals surface area (Å²) in [5, 5.41) is 2.48. The first-order chi connectivity index (χ1) is 5.05. The zero-order valence-electron chi connectivity index (χ0n) is 5.28. The molecule has 0 unspecified atom stereocenters. The van der Waals surface area contributed by atoms with E-state index in [2.05, 4.69) is 0 Å². The molecule has 0 aliphatic rings. The smallest absolute Gasteiger partial charge is 0.166 e. The summed E-state index contributed by atoms with van der Waals surface area (Å²) in [6.45, 7) is 0. The standard InChI is InChI=1S/C6H4ClF3S/c7-1-4-2-11-3-5(4)6(8,9)10/h2-3H,1H2. The first-order valence-electron chi connectivity index (χ1n) is 2.74. The van der Waals surface area contributed by atoms with Crippen molar-refractivity contribution in [2.45, 2.75) is 12.1 Å². The first kappa shape index (κ1) is 8.87. The minimum absolute atomic E-state index is 0.0850. The Morgan fingerprint density at radius 3 is 2.36 bits per heavy atom. The van der Waals surface area contributed by atoms with Crippen molar-refractivity contribution in [2.24, 2.45) is 0 Å². The van der Waals surface area contributed by atoms with Crippen molar-refractivity contribution in [1.29, 1.82) is 0 Å². The van der Waals surface area contributed by atoms with Crippen molar-refractivity contribution in [3.05, 3.63) is 21.9 Å². The second-order valence-corrected chi connectivity index (χ2v) is 2.95. The van der Waals surface area contributed by atoms with Gasteiger partial charge in [0.15, 0.2) is 0 Å². The highest BCUT2D eigenvalue weighted by Gasteiger charge is 2.33. The van der Waals surface area contributed by atoms with Crippen molar-refractivity contribution in [3.63, 3.8) is 0 Å². The van der Waals surface area contributed by atoms with Crippen molar-refractivity contribution in [1.82, 2.24) is 0 Å². The second kappa shape index (κ2) is 3.03. The Kier molecular flexibility index (Phi) is 2.44. The highest BCUT2D eigenvalue weighted by atomic mass is 35.5. The van der Waals surface area contributed by atoms with Crippen LogP contribution >= 0.6 is 22.9 Å². The van der Waals surface area contributed by atoms with Crippen LogP contribution in [0.25, 0.3) is 0 Å². The normalized spacial score (nSPS) is 12.0. The lowest BCUT2D eigenvalue weighted by Gasteiger charge is -2.04. The summed E-state index contributed by atoms with van der Waals surface area (Å²) in [5.74, 6) is -0.0850. The Hall–Kier alpha value is -0.220. The minimum atomic E-state index is -4.26.